The fraction of sp³-hybridized carbons (Fsp3) is 0.125. The second kappa shape index (κ2) is 8.93. The van der Waals surface area contributed by atoms with Gasteiger partial charge in [0.15, 0.2) is 5.78 Å². The van der Waals surface area contributed by atoms with Crippen LogP contribution in [0.5, 0.6) is 0 Å². The Bertz CT molecular complexity index is 839. The Morgan fingerprint density at radius 1 is 0.808 bits per heavy atom. The molecule has 0 heterocycles. The van der Waals surface area contributed by atoms with Crippen LogP contribution < -0.4 is 0 Å². The molecule has 0 radical (unpaired) electrons. The molecule has 0 aliphatic rings. The number of aliphatic hydroxyl groups is 1. The molecule has 0 aliphatic carbocycles. The number of hydrogen-bond donors (Lipinski definition) is 1. The summed E-state index contributed by atoms with van der Waals surface area (Å²) in [7, 11) is 0. The molecule has 0 aromatic heterocycles. The molecule has 0 saturated heterocycles. The van der Waals surface area contributed by atoms with Gasteiger partial charge in [0.05, 0.1) is 12.0 Å². The molecule has 0 fully saturated rings. The number of ketones is 1. The highest BCUT2D eigenvalue weighted by molar-refractivity contribution is 5.96. The molecule has 0 spiro atoms. The molecule has 1 N–H and O–H groups in total. The van der Waals surface area contributed by atoms with Crippen LogP contribution in [0, 0.1) is 5.92 Å². The first-order chi connectivity index (χ1) is 12.7. The van der Waals surface area contributed by atoms with Crippen LogP contribution in [0.4, 0.5) is 0 Å². The molecule has 0 saturated carbocycles. The molecule has 3 aromatic rings. The lowest BCUT2D eigenvalue weighted by molar-refractivity contribution is -0.121. The fourth-order valence-electron chi connectivity index (χ4n) is 2.98. The number of allylic oxidation sites excluding steroid dienone is 1. The van der Waals surface area contributed by atoms with Crippen LogP contribution in [0.25, 0.3) is 6.08 Å². The van der Waals surface area contributed by atoms with Crippen molar-refractivity contribution in [3.8, 4) is 0 Å². The van der Waals surface area contributed by atoms with Crippen LogP contribution in [0.3, 0.4) is 0 Å². The third kappa shape index (κ3) is 4.78. The first-order valence-electron chi connectivity index (χ1n) is 8.78. The number of carbonyl (C=O) groups is 1. The van der Waals surface area contributed by atoms with Gasteiger partial charge >= 0.3 is 0 Å². The van der Waals surface area contributed by atoms with Crippen LogP contribution in [-0.2, 0) is 11.2 Å². The molecule has 0 amide bonds. The molecule has 2 atom stereocenters. The van der Waals surface area contributed by atoms with Gasteiger partial charge in [0.25, 0.3) is 0 Å². The van der Waals surface area contributed by atoms with Gasteiger partial charge in [-0.15, -0.1) is 0 Å². The van der Waals surface area contributed by atoms with E-state index >= 15 is 0 Å². The first-order valence-corrected chi connectivity index (χ1v) is 8.78. The predicted octanol–water partition coefficient (Wildman–Crippen LogP) is 4.86. The lowest BCUT2D eigenvalue weighted by atomic mass is 9.86. The quantitative estimate of drug-likeness (QED) is 0.623. The van der Waals surface area contributed by atoms with Crippen molar-refractivity contribution in [1.29, 1.82) is 0 Å². The molecular formula is C24H22O2. The van der Waals surface area contributed by atoms with Crippen molar-refractivity contribution in [3.63, 3.8) is 0 Å². The van der Waals surface area contributed by atoms with E-state index in [0.29, 0.717) is 6.42 Å². The first kappa shape index (κ1) is 17.8. The Balaban J connectivity index is 1.84. The van der Waals surface area contributed by atoms with Crippen molar-refractivity contribution in [2.45, 2.75) is 12.5 Å². The molecule has 3 aromatic carbocycles. The smallest absolute Gasteiger partial charge is 0.162 e. The number of hydrogen-bond acceptors (Lipinski definition) is 2. The second-order valence-corrected chi connectivity index (χ2v) is 6.30. The lowest BCUT2D eigenvalue weighted by Gasteiger charge is -2.21. The summed E-state index contributed by atoms with van der Waals surface area (Å²) in [6.07, 6.45) is 3.03. The Morgan fingerprint density at radius 3 is 1.96 bits per heavy atom. The van der Waals surface area contributed by atoms with E-state index in [1.165, 1.54) is 0 Å². The topological polar surface area (TPSA) is 37.3 Å². The maximum atomic E-state index is 12.9. The largest absolute Gasteiger partial charge is 0.388 e. The van der Waals surface area contributed by atoms with E-state index in [2.05, 4.69) is 0 Å². The van der Waals surface area contributed by atoms with Crippen LogP contribution in [-0.4, -0.2) is 10.9 Å². The number of rotatable bonds is 7. The van der Waals surface area contributed by atoms with Gasteiger partial charge in [-0.05, 0) is 29.2 Å². The molecular weight excluding hydrogens is 320 g/mol. The van der Waals surface area contributed by atoms with E-state index < -0.39 is 12.0 Å². The third-order valence-corrected chi connectivity index (χ3v) is 4.43. The minimum absolute atomic E-state index is 0.0749. The SMILES string of the molecule is O=C(C=Cc1ccccc1)C(Cc1ccccc1)C(O)c1ccccc1. The molecule has 0 aliphatic heterocycles. The summed E-state index contributed by atoms with van der Waals surface area (Å²) in [5, 5.41) is 10.9. The maximum Gasteiger partial charge on any atom is 0.162 e. The van der Waals surface area contributed by atoms with Crippen molar-refractivity contribution < 1.29 is 9.90 Å². The van der Waals surface area contributed by atoms with E-state index in [0.717, 1.165) is 16.7 Å². The number of benzene rings is 3. The summed E-state index contributed by atoms with van der Waals surface area (Å²) in [6, 6.07) is 28.9. The van der Waals surface area contributed by atoms with E-state index in [1.807, 2.05) is 91.0 Å². The highest BCUT2D eigenvalue weighted by Crippen LogP contribution is 2.27. The predicted molar refractivity (Wildman–Crippen MR) is 106 cm³/mol. The minimum atomic E-state index is -0.843. The Kier molecular flexibility index (Phi) is 6.13. The molecule has 2 heteroatoms. The van der Waals surface area contributed by atoms with Crippen molar-refractivity contribution in [2.75, 3.05) is 0 Å². The minimum Gasteiger partial charge on any atom is -0.388 e. The summed E-state index contributed by atoms with van der Waals surface area (Å²) in [5.74, 6) is -0.603. The van der Waals surface area contributed by atoms with Gasteiger partial charge in [0.1, 0.15) is 0 Å². The van der Waals surface area contributed by atoms with Gasteiger partial charge in [0, 0.05) is 0 Å². The zero-order valence-electron chi connectivity index (χ0n) is 14.5. The third-order valence-electron chi connectivity index (χ3n) is 4.43. The summed E-state index contributed by atoms with van der Waals surface area (Å²) in [5.41, 5.74) is 2.76. The van der Waals surface area contributed by atoms with Crippen molar-refractivity contribution >= 4 is 11.9 Å². The van der Waals surface area contributed by atoms with Gasteiger partial charge < -0.3 is 5.11 Å². The molecule has 0 bridgehead atoms. The van der Waals surface area contributed by atoms with Gasteiger partial charge in [-0.3, -0.25) is 4.79 Å². The normalized spacial score (nSPS) is 13.4. The zero-order chi connectivity index (χ0) is 18.2. The van der Waals surface area contributed by atoms with Crippen molar-refractivity contribution in [3.05, 3.63) is 114 Å². The molecule has 3 rings (SSSR count). The van der Waals surface area contributed by atoms with Crippen LogP contribution in [0.2, 0.25) is 0 Å². The van der Waals surface area contributed by atoms with E-state index in [1.54, 1.807) is 12.2 Å². The average Bonchev–Trinajstić information content (AvgIpc) is 2.72. The van der Waals surface area contributed by atoms with E-state index in [9.17, 15) is 9.90 Å². The standard InChI is InChI=1S/C24H22O2/c25-23(17-16-19-10-4-1-5-11-19)22(18-20-12-6-2-7-13-20)24(26)21-14-8-3-9-15-21/h1-17,22,24,26H,18H2. The van der Waals surface area contributed by atoms with Crippen LogP contribution >= 0.6 is 0 Å². The molecule has 2 unspecified atom stereocenters. The van der Waals surface area contributed by atoms with E-state index in [4.69, 9.17) is 0 Å². The lowest BCUT2D eigenvalue weighted by Crippen LogP contribution is -2.23. The second-order valence-electron chi connectivity index (χ2n) is 6.30. The van der Waals surface area contributed by atoms with Gasteiger partial charge in [-0.25, -0.2) is 0 Å². The number of aliphatic hydroxyl groups excluding tert-OH is 1. The fourth-order valence-corrected chi connectivity index (χ4v) is 2.98. The number of carbonyl (C=O) groups excluding carboxylic acids is 1. The van der Waals surface area contributed by atoms with E-state index in [-0.39, 0.29) is 5.78 Å². The van der Waals surface area contributed by atoms with Gasteiger partial charge in [-0.2, -0.15) is 0 Å². The molecule has 2 nitrogen and oxygen atoms in total. The van der Waals surface area contributed by atoms with Crippen LogP contribution in [0.1, 0.15) is 22.8 Å². The summed E-state index contributed by atoms with van der Waals surface area (Å²) < 4.78 is 0. The molecule has 130 valence electrons. The maximum absolute atomic E-state index is 12.9. The van der Waals surface area contributed by atoms with Crippen LogP contribution in [0.15, 0.2) is 97.1 Å². The Labute approximate surface area is 154 Å². The summed E-state index contributed by atoms with van der Waals surface area (Å²) in [6.45, 7) is 0. The molecule has 26 heavy (non-hydrogen) atoms. The zero-order valence-corrected chi connectivity index (χ0v) is 14.5. The van der Waals surface area contributed by atoms with Crippen molar-refractivity contribution in [2.24, 2.45) is 5.92 Å². The monoisotopic (exact) mass is 342 g/mol. The van der Waals surface area contributed by atoms with Gasteiger partial charge in [0.2, 0.25) is 0 Å². The highest BCUT2D eigenvalue weighted by Gasteiger charge is 2.26. The Morgan fingerprint density at radius 2 is 1.35 bits per heavy atom. The Hall–Kier alpha value is -2.97. The van der Waals surface area contributed by atoms with Gasteiger partial charge in [-0.1, -0.05) is 97.1 Å². The summed E-state index contributed by atoms with van der Waals surface area (Å²) in [4.78, 5) is 12.9. The highest BCUT2D eigenvalue weighted by atomic mass is 16.3. The average molecular weight is 342 g/mol. The summed E-state index contributed by atoms with van der Waals surface area (Å²) >= 11 is 0. The van der Waals surface area contributed by atoms with Crippen molar-refractivity contribution in [1.82, 2.24) is 0 Å².